The lowest BCUT2D eigenvalue weighted by Gasteiger charge is -2.27. The molecule has 0 aromatic heterocycles. The number of hydrogen-bond acceptors (Lipinski definition) is 6. The maximum atomic E-state index is 12.9. The van der Waals surface area contributed by atoms with Gasteiger partial charge in [-0.1, -0.05) is 36.4 Å². The molecule has 2 aliphatic heterocycles. The Bertz CT molecular complexity index is 1030. The SMILES string of the molecule is O=C(CN1C(=O)S/C(=C/c2ccccc2OCCOc2ccccc2)C1=O)N1CCCCC1. The Morgan fingerprint density at radius 3 is 2.39 bits per heavy atom. The van der Waals surface area contributed by atoms with Gasteiger partial charge >= 0.3 is 0 Å². The number of amides is 3. The van der Waals surface area contributed by atoms with Gasteiger partial charge in [0, 0.05) is 18.7 Å². The van der Waals surface area contributed by atoms with E-state index in [9.17, 15) is 14.4 Å². The summed E-state index contributed by atoms with van der Waals surface area (Å²) >= 11 is 0.847. The zero-order valence-electron chi connectivity index (χ0n) is 18.3. The van der Waals surface area contributed by atoms with E-state index in [0.29, 0.717) is 37.6 Å². The van der Waals surface area contributed by atoms with Crippen molar-refractivity contribution in [2.24, 2.45) is 0 Å². The highest BCUT2D eigenvalue weighted by Gasteiger charge is 2.37. The zero-order chi connectivity index (χ0) is 23.0. The molecule has 4 rings (SSSR count). The molecule has 0 bridgehead atoms. The Morgan fingerprint density at radius 1 is 0.909 bits per heavy atom. The lowest BCUT2D eigenvalue weighted by molar-refractivity contribution is -0.136. The predicted octanol–water partition coefficient (Wildman–Crippen LogP) is 4.19. The molecule has 0 atom stereocenters. The molecule has 0 aliphatic carbocycles. The molecule has 0 N–H and O–H groups in total. The quantitative estimate of drug-likeness (QED) is 0.429. The Kier molecular flexibility index (Phi) is 7.67. The maximum Gasteiger partial charge on any atom is 0.294 e. The minimum Gasteiger partial charge on any atom is -0.490 e. The summed E-state index contributed by atoms with van der Waals surface area (Å²) in [5.41, 5.74) is 0.685. The zero-order valence-corrected chi connectivity index (χ0v) is 19.1. The van der Waals surface area contributed by atoms with Gasteiger partial charge in [0.2, 0.25) is 5.91 Å². The van der Waals surface area contributed by atoms with Crippen molar-refractivity contribution in [1.82, 2.24) is 9.80 Å². The molecule has 2 aromatic carbocycles. The normalized spacial score (nSPS) is 17.5. The van der Waals surface area contributed by atoms with E-state index in [4.69, 9.17) is 9.47 Å². The van der Waals surface area contributed by atoms with Crippen molar-refractivity contribution in [3.05, 3.63) is 65.1 Å². The third-order valence-corrected chi connectivity index (χ3v) is 6.34. The standard InChI is InChI=1S/C25H26N2O5S/c28-23(26-13-7-2-8-14-26)18-27-24(29)22(33-25(27)30)17-19-9-5-6-12-21(19)32-16-15-31-20-10-3-1-4-11-20/h1,3-6,9-12,17H,2,7-8,13-16,18H2/b22-17+. The van der Waals surface area contributed by atoms with E-state index >= 15 is 0 Å². The van der Waals surface area contributed by atoms with E-state index in [1.165, 1.54) is 0 Å². The summed E-state index contributed by atoms with van der Waals surface area (Å²) < 4.78 is 11.5. The van der Waals surface area contributed by atoms with Gasteiger partial charge in [0.25, 0.3) is 11.1 Å². The third kappa shape index (κ3) is 5.96. The molecule has 0 radical (unpaired) electrons. The van der Waals surface area contributed by atoms with Gasteiger partial charge in [-0.05, 0) is 55.3 Å². The van der Waals surface area contributed by atoms with Crippen LogP contribution in [0, 0.1) is 0 Å². The Hall–Kier alpha value is -3.26. The van der Waals surface area contributed by atoms with Crippen molar-refractivity contribution in [2.75, 3.05) is 32.8 Å². The Morgan fingerprint density at radius 2 is 1.61 bits per heavy atom. The fourth-order valence-corrected chi connectivity index (χ4v) is 4.54. The first-order valence-electron chi connectivity index (χ1n) is 11.0. The highest BCUT2D eigenvalue weighted by atomic mass is 32.2. The van der Waals surface area contributed by atoms with Crippen molar-refractivity contribution < 1.29 is 23.9 Å². The molecule has 2 fully saturated rings. The number of para-hydroxylation sites is 2. The second-order valence-electron chi connectivity index (χ2n) is 7.76. The van der Waals surface area contributed by atoms with E-state index in [0.717, 1.165) is 41.7 Å². The first-order chi connectivity index (χ1) is 16.1. The fraction of sp³-hybridized carbons (Fsp3) is 0.320. The highest BCUT2D eigenvalue weighted by molar-refractivity contribution is 8.18. The van der Waals surface area contributed by atoms with E-state index in [2.05, 4.69) is 0 Å². The van der Waals surface area contributed by atoms with Crippen LogP contribution in [0.5, 0.6) is 11.5 Å². The number of ether oxygens (including phenoxy) is 2. The number of thioether (sulfide) groups is 1. The monoisotopic (exact) mass is 466 g/mol. The van der Waals surface area contributed by atoms with Crippen molar-refractivity contribution in [3.8, 4) is 11.5 Å². The minimum atomic E-state index is -0.447. The number of likely N-dealkylation sites (tertiary alicyclic amines) is 1. The summed E-state index contributed by atoms with van der Waals surface area (Å²) in [5.74, 6) is 0.727. The van der Waals surface area contributed by atoms with Crippen molar-refractivity contribution >= 4 is 34.9 Å². The van der Waals surface area contributed by atoms with Gasteiger partial charge in [-0.3, -0.25) is 19.3 Å². The average Bonchev–Trinajstić information content (AvgIpc) is 3.11. The number of carbonyl (C=O) groups excluding carboxylic acids is 3. The molecular weight excluding hydrogens is 440 g/mol. The molecular formula is C25H26N2O5S. The van der Waals surface area contributed by atoms with Crippen LogP contribution in [0.4, 0.5) is 4.79 Å². The van der Waals surface area contributed by atoms with Gasteiger partial charge in [0.15, 0.2) is 0 Å². The molecule has 0 unspecified atom stereocenters. The summed E-state index contributed by atoms with van der Waals surface area (Å²) in [6.07, 6.45) is 4.67. The van der Waals surface area contributed by atoms with Crippen LogP contribution >= 0.6 is 11.8 Å². The lowest BCUT2D eigenvalue weighted by atomic mass is 10.1. The first-order valence-corrected chi connectivity index (χ1v) is 11.9. The first kappa shape index (κ1) is 22.9. The number of rotatable bonds is 8. The minimum absolute atomic E-state index is 0.180. The van der Waals surface area contributed by atoms with Gasteiger partial charge in [0.05, 0.1) is 4.91 Å². The van der Waals surface area contributed by atoms with E-state index in [1.54, 1.807) is 17.0 Å². The van der Waals surface area contributed by atoms with Crippen LogP contribution in [0.25, 0.3) is 6.08 Å². The number of nitrogens with zero attached hydrogens (tertiary/aromatic N) is 2. The van der Waals surface area contributed by atoms with Crippen LogP contribution in [0.2, 0.25) is 0 Å². The molecule has 7 nitrogen and oxygen atoms in total. The van der Waals surface area contributed by atoms with Crippen molar-refractivity contribution in [3.63, 3.8) is 0 Å². The summed E-state index contributed by atoms with van der Waals surface area (Å²) in [4.78, 5) is 40.9. The van der Waals surface area contributed by atoms with Crippen LogP contribution in [0.3, 0.4) is 0 Å². The topological polar surface area (TPSA) is 76.1 Å². The molecule has 8 heteroatoms. The van der Waals surface area contributed by atoms with Crippen LogP contribution in [-0.4, -0.2) is 59.7 Å². The Labute approximate surface area is 197 Å². The summed E-state index contributed by atoms with van der Waals surface area (Å²) in [6.45, 7) is 1.85. The van der Waals surface area contributed by atoms with Crippen molar-refractivity contribution in [2.45, 2.75) is 19.3 Å². The molecule has 2 aliphatic rings. The lowest BCUT2D eigenvalue weighted by Crippen LogP contribution is -2.44. The van der Waals surface area contributed by atoms with Crippen LogP contribution in [0.15, 0.2) is 59.5 Å². The van der Waals surface area contributed by atoms with Gasteiger partial charge in [-0.2, -0.15) is 0 Å². The number of imide groups is 1. The largest absolute Gasteiger partial charge is 0.490 e. The highest BCUT2D eigenvalue weighted by Crippen LogP contribution is 2.34. The molecule has 172 valence electrons. The van der Waals surface area contributed by atoms with Gasteiger partial charge in [0.1, 0.15) is 31.3 Å². The molecule has 0 saturated carbocycles. The maximum absolute atomic E-state index is 12.9. The smallest absolute Gasteiger partial charge is 0.294 e. The van der Waals surface area contributed by atoms with Crippen LogP contribution in [-0.2, 0) is 9.59 Å². The summed E-state index contributed by atoms with van der Waals surface area (Å²) in [7, 11) is 0. The molecule has 2 heterocycles. The number of benzene rings is 2. The molecule has 33 heavy (non-hydrogen) atoms. The Balaban J connectivity index is 1.37. The van der Waals surface area contributed by atoms with Gasteiger partial charge in [-0.15, -0.1) is 0 Å². The van der Waals surface area contributed by atoms with Crippen LogP contribution in [0.1, 0.15) is 24.8 Å². The summed E-state index contributed by atoms with van der Waals surface area (Å²) in [6, 6.07) is 16.8. The third-order valence-electron chi connectivity index (χ3n) is 5.43. The van der Waals surface area contributed by atoms with E-state index in [1.807, 2.05) is 48.5 Å². The fourth-order valence-electron chi connectivity index (χ4n) is 3.72. The number of hydrogen-bond donors (Lipinski definition) is 0. The summed E-state index contributed by atoms with van der Waals surface area (Å²) in [5, 5.41) is -0.425. The van der Waals surface area contributed by atoms with E-state index in [-0.39, 0.29) is 17.4 Å². The number of piperidine rings is 1. The van der Waals surface area contributed by atoms with Crippen LogP contribution < -0.4 is 9.47 Å². The average molecular weight is 467 g/mol. The molecule has 0 spiro atoms. The predicted molar refractivity (Wildman–Crippen MR) is 127 cm³/mol. The number of carbonyl (C=O) groups is 3. The van der Waals surface area contributed by atoms with Gasteiger partial charge in [-0.25, -0.2) is 0 Å². The second kappa shape index (κ2) is 11.0. The van der Waals surface area contributed by atoms with E-state index < -0.39 is 11.1 Å². The van der Waals surface area contributed by atoms with Gasteiger partial charge < -0.3 is 14.4 Å². The molecule has 3 amide bonds. The molecule has 2 aromatic rings. The second-order valence-corrected chi connectivity index (χ2v) is 8.75. The molecule has 2 saturated heterocycles. The van der Waals surface area contributed by atoms with Crippen molar-refractivity contribution in [1.29, 1.82) is 0 Å².